The van der Waals surface area contributed by atoms with Crippen LogP contribution in [0.3, 0.4) is 0 Å². The van der Waals surface area contributed by atoms with Gasteiger partial charge in [0, 0.05) is 21.5 Å². The Labute approximate surface area is 184 Å². The van der Waals surface area contributed by atoms with E-state index in [2.05, 4.69) is 4.98 Å². The van der Waals surface area contributed by atoms with Crippen molar-refractivity contribution in [1.82, 2.24) is 4.98 Å². The second-order valence-electron chi connectivity index (χ2n) is 7.22. The summed E-state index contributed by atoms with van der Waals surface area (Å²) in [5, 5.41) is 12.5. The van der Waals surface area contributed by atoms with Gasteiger partial charge in [0.05, 0.1) is 13.0 Å². The molecule has 0 amide bonds. The fourth-order valence-electron chi connectivity index (χ4n) is 3.65. The van der Waals surface area contributed by atoms with Crippen LogP contribution in [0.5, 0.6) is 11.5 Å². The molecule has 0 saturated heterocycles. The molecule has 0 radical (unpaired) electrons. The quantitative estimate of drug-likeness (QED) is 0.230. The van der Waals surface area contributed by atoms with Crippen LogP contribution in [0.4, 0.5) is 0 Å². The van der Waals surface area contributed by atoms with Crippen LogP contribution in [-0.2, 0) is 16.0 Å². The lowest BCUT2D eigenvalue weighted by atomic mass is 9.99. The van der Waals surface area contributed by atoms with Crippen LogP contribution in [0.2, 0.25) is 0 Å². The molecule has 7 nitrogen and oxygen atoms in total. The average molecular weight is 430 g/mol. The van der Waals surface area contributed by atoms with E-state index in [4.69, 9.17) is 9.47 Å². The summed E-state index contributed by atoms with van der Waals surface area (Å²) in [6, 6.07) is 23.0. The van der Waals surface area contributed by atoms with Crippen LogP contribution in [0, 0.1) is 10.1 Å². The highest BCUT2D eigenvalue weighted by molar-refractivity contribution is 5.91. The van der Waals surface area contributed by atoms with Gasteiger partial charge in [-0.25, -0.2) is 4.79 Å². The third kappa shape index (κ3) is 4.46. The van der Waals surface area contributed by atoms with Crippen LogP contribution in [-0.4, -0.2) is 28.5 Å². The van der Waals surface area contributed by atoms with Crippen molar-refractivity contribution in [2.45, 2.75) is 19.4 Å². The molecule has 0 spiro atoms. The summed E-state index contributed by atoms with van der Waals surface area (Å²) < 4.78 is 10.8. The first-order valence-corrected chi connectivity index (χ1v) is 10.3. The minimum absolute atomic E-state index is 0.0759. The number of carbonyl (C=O) groups excluding carboxylic acids is 1. The Morgan fingerprint density at radius 1 is 0.969 bits per heavy atom. The van der Waals surface area contributed by atoms with E-state index >= 15 is 0 Å². The van der Waals surface area contributed by atoms with Crippen LogP contribution in [0.1, 0.15) is 12.5 Å². The van der Waals surface area contributed by atoms with Crippen molar-refractivity contribution in [2.24, 2.45) is 0 Å². The molecule has 0 saturated carbocycles. The maximum absolute atomic E-state index is 12.2. The molecule has 0 aliphatic rings. The van der Waals surface area contributed by atoms with Crippen molar-refractivity contribution in [3.8, 4) is 22.8 Å². The van der Waals surface area contributed by atoms with Gasteiger partial charge in [0.2, 0.25) is 0 Å². The molecule has 0 aliphatic carbocycles. The lowest BCUT2D eigenvalue weighted by Gasteiger charge is -2.11. The molecular weight excluding hydrogens is 408 g/mol. The van der Waals surface area contributed by atoms with Crippen molar-refractivity contribution in [2.75, 3.05) is 6.61 Å². The largest absolute Gasteiger partial charge is 0.461 e. The highest BCUT2D eigenvalue weighted by Gasteiger charge is 2.33. The van der Waals surface area contributed by atoms with E-state index < -0.39 is 16.9 Å². The lowest BCUT2D eigenvalue weighted by molar-refractivity contribution is -0.510. The minimum atomic E-state index is -1.48. The van der Waals surface area contributed by atoms with Gasteiger partial charge >= 0.3 is 12.0 Å². The summed E-state index contributed by atoms with van der Waals surface area (Å²) >= 11 is 0. The predicted molar refractivity (Wildman–Crippen MR) is 121 cm³/mol. The second-order valence-corrected chi connectivity index (χ2v) is 7.22. The van der Waals surface area contributed by atoms with Crippen LogP contribution < -0.4 is 4.74 Å². The monoisotopic (exact) mass is 430 g/mol. The highest BCUT2D eigenvalue weighted by Crippen LogP contribution is 2.33. The highest BCUT2D eigenvalue weighted by atomic mass is 16.6. The molecule has 0 aliphatic heterocycles. The summed E-state index contributed by atoms with van der Waals surface area (Å²) in [5.41, 5.74) is 3.11. The third-order valence-electron chi connectivity index (χ3n) is 5.15. The Kier molecular flexibility index (Phi) is 6.17. The predicted octanol–water partition coefficient (Wildman–Crippen LogP) is 5.38. The number of carbonyl (C=O) groups is 1. The fraction of sp³-hybridized carbons (Fsp3) is 0.160. The topological polar surface area (TPSA) is 94.5 Å². The summed E-state index contributed by atoms with van der Waals surface area (Å²) in [7, 11) is 0. The SMILES string of the molecule is CCOC(=O)C(Cc1c(-c2ccc(Oc3ccccc3)cc2)[nH]c2ccccc12)[N+](=O)[O-]. The number of fused-ring (bicyclic) bond motifs is 1. The number of hydrogen-bond acceptors (Lipinski definition) is 5. The number of nitrogens with zero attached hydrogens (tertiary/aromatic N) is 1. The Morgan fingerprint density at radius 3 is 2.31 bits per heavy atom. The Balaban J connectivity index is 1.69. The van der Waals surface area contributed by atoms with E-state index in [9.17, 15) is 14.9 Å². The standard InChI is InChI=1S/C25H22N2O5/c1-2-31-25(28)23(27(29)30)16-21-20-10-6-7-11-22(20)26-24(21)17-12-14-19(15-13-17)32-18-8-4-3-5-9-18/h3-15,23,26H,2,16H2,1H3. The summed E-state index contributed by atoms with van der Waals surface area (Å²) in [6.07, 6.45) is -0.0759. The lowest BCUT2D eigenvalue weighted by Crippen LogP contribution is -2.33. The van der Waals surface area contributed by atoms with Gasteiger partial charge in [0.1, 0.15) is 11.5 Å². The molecule has 162 valence electrons. The molecule has 1 aromatic heterocycles. The number of hydrogen-bond donors (Lipinski definition) is 1. The molecule has 1 N–H and O–H groups in total. The number of rotatable bonds is 8. The molecule has 4 rings (SSSR count). The second kappa shape index (κ2) is 9.34. The van der Waals surface area contributed by atoms with E-state index in [1.807, 2.05) is 78.9 Å². The number of nitro groups is 1. The molecule has 4 aromatic rings. The van der Waals surface area contributed by atoms with Crippen LogP contribution in [0.25, 0.3) is 22.2 Å². The zero-order valence-electron chi connectivity index (χ0n) is 17.5. The smallest absolute Gasteiger partial charge is 0.382 e. The summed E-state index contributed by atoms with van der Waals surface area (Å²) in [6.45, 7) is 1.72. The van der Waals surface area contributed by atoms with Gasteiger partial charge in [-0.2, -0.15) is 0 Å². The number of aromatic amines is 1. The number of benzene rings is 3. The molecule has 1 heterocycles. The van der Waals surface area contributed by atoms with E-state index in [0.717, 1.165) is 27.9 Å². The van der Waals surface area contributed by atoms with Crippen molar-refractivity contribution in [1.29, 1.82) is 0 Å². The first-order valence-electron chi connectivity index (χ1n) is 10.3. The van der Waals surface area contributed by atoms with Gasteiger partial charge in [-0.1, -0.05) is 36.4 Å². The van der Waals surface area contributed by atoms with Crippen molar-refractivity contribution < 1.29 is 19.2 Å². The van der Waals surface area contributed by atoms with Crippen LogP contribution >= 0.6 is 0 Å². The number of para-hydroxylation sites is 2. The summed E-state index contributed by atoms with van der Waals surface area (Å²) in [5.74, 6) is 0.572. The Hall–Kier alpha value is -4.13. The number of nitrogens with one attached hydrogen (secondary N) is 1. The Morgan fingerprint density at radius 2 is 1.62 bits per heavy atom. The van der Waals surface area contributed by atoms with Crippen molar-refractivity contribution in [3.05, 3.63) is 94.5 Å². The first-order chi connectivity index (χ1) is 15.6. The zero-order chi connectivity index (χ0) is 22.5. The van der Waals surface area contributed by atoms with Gasteiger partial charge in [-0.05, 0) is 60.5 Å². The average Bonchev–Trinajstić information content (AvgIpc) is 3.17. The number of ether oxygens (including phenoxy) is 2. The molecule has 1 unspecified atom stereocenters. The third-order valence-corrected chi connectivity index (χ3v) is 5.15. The van der Waals surface area contributed by atoms with Gasteiger partial charge < -0.3 is 14.5 Å². The fourth-order valence-corrected chi connectivity index (χ4v) is 3.65. The normalized spacial score (nSPS) is 11.8. The van der Waals surface area contributed by atoms with Gasteiger partial charge in [0.25, 0.3) is 0 Å². The van der Waals surface area contributed by atoms with Gasteiger partial charge in [-0.3, -0.25) is 10.1 Å². The Bertz CT molecular complexity index is 1230. The molecule has 32 heavy (non-hydrogen) atoms. The van der Waals surface area contributed by atoms with Crippen molar-refractivity contribution in [3.63, 3.8) is 0 Å². The zero-order valence-corrected chi connectivity index (χ0v) is 17.5. The maximum Gasteiger partial charge on any atom is 0.382 e. The molecule has 7 heteroatoms. The molecule has 1 atom stereocenters. The number of esters is 1. The van der Waals surface area contributed by atoms with E-state index in [0.29, 0.717) is 11.3 Å². The molecular formula is C25H22N2O5. The van der Waals surface area contributed by atoms with E-state index in [1.165, 1.54) is 0 Å². The number of aromatic nitrogens is 1. The van der Waals surface area contributed by atoms with Gasteiger partial charge in [-0.15, -0.1) is 0 Å². The molecule has 0 bridgehead atoms. The summed E-state index contributed by atoms with van der Waals surface area (Å²) in [4.78, 5) is 26.6. The number of H-pyrrole nitrogens is 1. The molecule has 3 aromatic carbocycles. The maximum atomic E-state index is 12.2. The van der Waals surface area contributed by atoms with Gasteiger partial charge in [0.15, 0.2) is 0 Å². The minimum Gasteiger partial charge on any atom is -0.461 e. The van der Waals surface area contributed by atoms with Crippen molar-refractivity contribution >= 4 is 16.9 Å². The van der Waals surface area contributed by atoms with E-state index in [1.54, 1.807) is 6.92 Å². The van der Waals surface area contributed by atoms with E-state index in [-0.39, 0.29) is 13.0 Å². The first kappa shape index (κ1) is 21.1. The van der Waals surface area contributed by atoms with Crippen LogP contribution in [0.15, 0.2) is 78.9 Å². The molecule has 0 fully saturated rings.